The average molecular weight is 310 g/mol. The third kappa shape index (κ3) is 2.94. The van der Waals surface area contributed by atoms with Gasteiger partial charge in [0.25, 0.3) is 0 Å². The minimum Gasteiger partial charge on any atom is -0.474 e. The molecule has 0 amide bonds. The highest BCUT2D eigenvalue weighted by atomic mass is 16.5. The number of anilines is 1. The first kappa shape index (κ1) is 13.9. The summed E-state index contributed by atoms with van der Waals surface area (Å²) in [5, 5.41) is 4.14. The van der Waals surface area contributed by atoms with Crippen LogP contribution in [0, 0.1) is 6.92 Å². The Morgan fingerprint density at radius 1 is 1.13 bits per heavy atom. The summed E-state index contributed by atoms with van der Waals surface area (Å²) in [7, 11) is 0. The van der Waals surface area contributed by atoms with E-state index in [-0.39, 0.29) is 6.10 Å². The molecule has 4 rings (SSSR count). The molecule has 3 aromatic heterocycles. The number of aromatic nitrogens is 5. The van der Waals surface area contributed by atoms with Crippen LogP contribution in [0.5, 0.6) is 5.88 Å². The minimum absolute atomic E-state index is 0.182. The van der Waals surface area contributed by atoms with Crippen molar-refractivity contribution in [2.75, 3.05) is 18.0 Å². The molecule has 1 aliphatic heterocycles. The maximum Gasteiger partial charge on any atom is 0.217 e. The lowest BCUT2D eigenvalue weighted by atomic mass is 10.1. The fourth-order valence-corrected chi connectivity index (χ4v) is 2.84. The zero-order valence-corrected chi connectivity index (χ0v) is 13.0. The highest BCUT2D eigenvalue weighted by Crippen LogP contribution is 2.21. The number of hydrogen-bond acceptors (Lipinski definition) is 6. The van der Waals surface area contributed by atoms with E-state index < -0.39 is 0 Å². The lowest BCUT2D eigenvalue weighted by molar-refractivity contribution is 0.164. The zero-order valence-electron chi connectivity index (χ0n) is 13.0. The monoisotopic (exact) mass is 310 g/mol. The predicted octanol–water partition coefficient (Wildman–Crippen LogP) is 1.88. The molecule has 7 nitrogen and oxygen atoms in total. The summed E-state index contributed by atoms with van der Waals surface area (Å²) in [5.41, 5.74) is 1.74. The molecule has 3 aromatic rings. The number of piperidine rings is 1. The number of rotatable bonds is 3. The van der Waals surface area contributed by atoms with Gasteiger partial charge in [0, 0.05) is 50.5 Å². The Labute approximate surface area is 134 Å². The van der Waals surface area contributed by atoms with Gasteiger partial charge in [-0.1, -0.05) is 0 Å². The maximum atomic E-state index is 6.03. The second-order valence-corrected chi connectivity index (χ2v) is 5.72. The van der Waals surface area contributed by atoms with Crippen molar-refractivity contribution in [1.82, 2.24) is 24.6 Å². The Morgan fingerprint density at radius 2 is 2.00 bits per heavy atom. The first-order valence-corrected chi connectivity index (χ1v) is 7.78. The molecule has 0 bridgehead atoms. The van der Waals surface area contributed by atoms with E-state index in [1.54, 1.807) is 16.9 Å². The third-order valence-corrected chi connectivity index (χ3v) is 4.03. The van der Waals surface area contributed by atoms with Crippen LogP contribution in [0.1, 0.15) is 18.5 Å². The summed E-state index contributed by atoms with van der Waals surface area (Å²) in [6, 6.07) is 3.73. The number of hydrogen-bond donors (Lipinski definition) is 0. The van der Waals surface area contributed by atoms with Gasteiger partial charge in [-0.3, -0.25) is 4.98 Å². The summed E-state index contributed by atoms with van der Waals surface area (Å²) in [5.74, 6) is 1.61. The highest BCUT2D eigenvalue weighted by molar-refractivity contribution is 5.38. The van der Waals surface area contributed by atoms with E-state index >= 15 is 0 Å². The third-order valence-electron chi connectivity index (χ3n) is 4.03. The number of ether oxygens (including phenoxy) is 1. The zero-order chi connectivity index (χ0) is 15.6. The molecular weight excluding hydrogens is 292 g/mol. The second kappa shape index (κ2) is 5.83. The Hall–Kier alpha value is -2.70. The topological polar surface area (TPSA) is 68.4 Å². The lowest BCUT2D eigenvalue weighted by Crippen LogP contribution is -2.38. The van der Waals surface area contributed by atoms with Crippen LogP contribution < -0.4 is 9.64 Å². The molecule has 118 valence electrons. The van der Waals surface area contributed by atoms with Crippen LogP contribution >= 0.6 is 0 Å². The van der Waals surface area contributed by atoms with Crippen LogP contribution in [0.15, 0.2) is 36.9 Å². The number of nitrogens with zero attached hydrogens (tertiary/aromatic N) is 6. The van der Waals surface area contributed by atoms with E-state index in [0.717, 1.165) is 43.1 Å². The fourth-order valence-electron chi connectivity index (χ4n) is 2.84. The van der Waals surface area contributed by atoms with Crippen molar-refractivity contribution in [2.45, 2.75) is 25.9 Å². The van der Waals surface area contributed by atoms with Gasteiger partial charge in [-0.15, -0.1) is 0 Å². The Kier molecular flexibility index (Phi) is 3.53. The molecule has 0 unspecified atom stereocenters. The highest BCUT2D eigenvalue weighted by Gasteiger charge is 2.22. The van der Waals surface area contributed by atoms with Gasteiger partial charge in [0.1, 0.15) is 11.9 Å². The van der Waals surface area contributed by atoms with Crippen molar-refractivity contribution in [3.63, 3.8) is 0 Å². The molecule has 1 fully saturated rings. The SMILES string of the molecule is Cc1cncc(N2CCC(Oc3ccn4nccc4n3)CC2)n1. The molecule has 23 heavy (non-hydrogen) atoms. The standard InChI is InChI=1S/C16H18N6O/c1-12-10-17-11-15(19-12)21-7-3-13(4-8-21)23-16-5-9-22-14(20-16)2-6-18-22/h2,5-6,9-11,13H,3-4,7-8H2,1H3. The van der Waals surface area contributed by atoms with Gasteiger partial charge in [-0.25, -0.2) is 9.50 Å². The summed E-state index contributed by atoms with van der Waals surface area (Å²) in [4.78, 5) is 15.5. The molecule has 0 aliphatic carbocycles. The van der Waals surface area contributed by atoms with Crippen LogP contribution in [0.25, 0.3) is 5.65 Å². The van der Waals surface area contributed by atoms with E-state index in [1.807, 2.05) is 31.5 Å². The van der Waals surface area contributed by atoms with Crippen LogP contribution in [-0.4, -0.2) is 43.8 Å². The first-order chi connectivity index (χ1) is 11.3. The van der Waals surface area contributed by atoms with Crippen molar-refractivity contribution >= 4 is 11.5 Å². The van der Waals surface area contributed by atoms with E-state index in [9.17, 15) is 0 Å². The first-order valence-electron chi connectivity index (χ1n) is 7.78. The Balaban J connectivity index is 1.39. The molecule has 7 heteroatoms. The quantitative estimate of drug-likeness (QED) is 0.736. The smallest absolute Gasteiger partial charge is 0.217 e. The van der Waals surface area contributed by atoms with Gasteiger partial charge >= 0.3 is 0 Å². The van der Waals surface area contributed by atoms with E-state index in [1.165, 1.54) is 0 Å². The number of aryl methyl sites for hydroxylation is 1. The van der Waals surface area contributed by atoms with Gasteiger partial charge in [0.15, 0.2) is 5.65 Å². The molecule has 0 radical (unpaired) electrons. The van der Waals surface area contributed by atoms with Gasteiger partial charge in [0.05, 0.1) is 18.1 Å². The van der Waals surface area contributed by atoms with Crippen molar-refractivity contribution in [3.8, 4) is 5.88 Å². The van der Waals surface area contributed by atoms with E-state index in [0.29, 0.717) is 5.88 Å². The second-order valence-electron chi connectivity index (χ2n) is 5.72. The van der Waals surface area contributed by atoms with Gasteiger partial charge in [-0.2, -0.15) is 10.1 Å². The van der Waals surface area contributed by atoms with Crippen molar-refractivity contribution < 1.29 is 4.74 Å². The molecule has 1 aliphatic rings. The van der Waals surface area contributed by atoms with Gasteiger partial charge < -0.3 is 9.64 Å². The van der Waals surface area contributed by atoms with E-state index in [2.05, 4.69) is 25.0 Å². The molecule has 0 atom stereocenters. The molecule has 0 N–H and O–H groups in total. The Morgan fingerprint density at radius 3 is 2.83 bits per heavy atom. The van der Waals surface area contributed by atoms with Crippen LogP contribution in [-0.2, 0) is 0 Å². The molecule has 4 heterocycles. The fraction of sp³-hybridized carbons (Fsp3) is 0.375. The van der Waals surface area contributed by atoms with Gasteiger partial charge in [-0.05, 0) is 6.92 Å². The summed E-state index contributed by atoms with van der Waals surface area (Å²) in [6.45, 7) is 3.79. The number of fused-ring (bicyclic) bond motifs is 1. The minimum atomic E-state index is 0.182. The molecule has 1 saturated heterocycles. The van der Waals surface area contributed by atoms with Crippen LogP contribution in [0.4, 0.5) is 5.82 Å². The average Bonchev–Trinajstić information content (AvgIpc) is 3.03. The molecule has 0 saturated carbocycles. The van der Waals surface area contributed by atoms with Crippen molar-refractivity contribution in [3.05, 3.63) is 42.6 Å². The lowest BCUT2D eigenvalue weighted by Gasteiger charge is -2.32. The normalized spacial score (nSPS) is 16.0. The van der Waals surface area contributed by atoms with Crippen LogP contribution in [0.2, 0.25) is 0 Å². The summed E-state index contributed by atoms with van der Waals surface area (Å²) >= 11 is 0. The molecular formula is C16H18N6O. The molecule has 0 spiro atoms. The summed E-state index contributed by atoms with van der Waals surface area (Å²) in [6.07, 6.45) is 9.27. The van der Waals surface area contributed by atoms with Gasteiger partial charge in [0.2, 0.25) is 5.88 Å². The molecule has 0 aromatic carbocycles. The van der Waals surface area contributed by atoms with Crippen LogP contribution in [0.3, 0.4) is 0 Å². The summed E-state index contributed by atoms with van der Waals surface area (Å²) < 4.78 is 7.75. The largest absolute Gasteiger partial charge is 0.474 e. The van der Waals surface area contributed by atoms with Crippen molar-refractivity contribution in [1.29, 1.82) is 0 Å². The predicted molar refractivity (Wildman–Crippen MR) is 85.6 cm³/mol. The Bertz CT molecular complexity index is 809. The van der Waals surface area contributed by atoms with E-state index in [4.69, 9.17) is 4.74 Å². The maximum absolute atomic E-state index is 6.03. The van der Waals surface area contributed by atoms with Crippen molar-refractivity contribution in [2.24, 2.45) is 0 Å².